The van der Waals surface area contributed by atoms with Crippen LogP contribution in [0.5, 0.6) is 0 Å². The van der Waals surface area contributed by atoms with Crippen LogP contribution in [0.4, 0.5) is 8.78 Å². The van der Waals surface area contributed by atoms with Crippen molar-refractivity contribution in [2.45, 2.75) is 102 Å². The molecule has 1 amide bonds. The van der Waals surface area contributed by atoms with Crippen LogP contribution in [0.1, 0.15) is 84.9 Å². The zero-order valence-corrected chi connectivity index (χ0v) is 23.9. The summed E-state index contributed by atoms with van der Waals surface area (Å²) in [6.45, 7) is 10.2. The van der Waals surface area contributed by atoms with Gasteiger partial charge < -0.3 is 9.88 Å². The second-order valence-corrected chi connectivity index (χ2v) is 14.1. The lowest BCUT2D eigenvalue weighted by Gasteiger charge is -2.31. The smallest absolute Gasteiger partial charge is 0.248 e. The van der Waals surface area contributed by atoms with Gasteiger partial charge in [0.25, 0.3) is 0 Å². The minimum Gasteiger partial charge on any atom is -0.356 e. The van der Waals surface area contributed by atoms with Crippen molar-refractivity contribution in [3.05, 3.63) is 24.0 Å². The summed E-state index contributed by atoms with van der Waals surface area (Å²) in [5.41, 5.74) is 1.13. The fourth-order valence-corrected chi connectivity index (χ4v) is 7.30. The lowest BCUT2D eigenvalue weighted by molar-refractivity contribution is -0.122. The van der Waals surface area contributed by atoms with Crippen molar-refractivity contribution in [2.24, 2.45) is 11.8 Å². The number of halogens is 2. The van der Waals surface area contributed by atoms with Gasteiger partial charge in [0.15, 0.2) is 0 Å². The molecular weight excluding hydrogens is 510 g/mol. The first-order valence-electron chi connectivity index (χ1n) is 14.0. The van der Waals surface area contributed by atoms with Gasteiger partial charge in [0.05, 0.1) is 15.9 Å². The monoisotopic (exact) mass is 552 g/mol. The van der Waals surface area contributed by atoms with E-state index in [4.69, 9.17) is 4.98 Å². The average molecular weight is 553 g/mol. The number of carbonyl (C=O) groups is 1. The van der Waals surface area contributed by atoms with Crippen molar-refractivity contribution in [2.75, 3.05) is 19.6 Å². The number of nitrogens with one attached hydrogen (secondary N) is 1. The molecule has 1 atom stereocenters. The van der Waals surface area contributed by atoms with E-state index in [-0.39, 0.29) is 40.9 Å². The van der Waals surface area contributed by atoms with E-state index in [1.54, 1.807) is 12.1 Å². The molecule has 38 heavy (non-hydrogen) atoms. The molecule has 2 aliphatic rings. The van der Waals surface area contributed by atoms with E-state index >= 15 is 0 Å². The van der Waals surface area contributed by atoms with Gasteiger partial charge in [0.1, 0.15) is 5.82 Å². The molecule has 0 spiro atoms. The number of fused-ring (bicyclic) bond motifs is 1. The normalized spacial score (nSPS) is 21.6. The third-order valence-electron chi connectivity index (χ3n) is 7.83. The Morgan fingerprint density at radius 1 is 1.16 bits per heavy atom. The summed E-state index contributed by atoms with van der Waals surface area (Å²) < 4.78 is 58.3. The van der Waals surface area contributed by atoms with Gasteiger partial charge in [-0.2, -0.15) is 4.31 Å². The molecule has 0 radical (unpaired) electrons. The van der Waals surface area contributed by atoms with Crippen LogP contribution in [-0.2, 0) is 26.8 Å². The van der Waals surface area contributed by atoms with Crippen molar-refractivity contribution < 1.29 is 22.0 Å². The third kappa shape index (κ3) is 6.55. The van der Waals surface area contributed by atoms with Gasteiger partial charge in [0, 0.05) is 50.9 Å². The van der Waals surface area contributed by atoms with Crippen LogP contribution in [0.15, 0.2) is 23.1 Å². The molecule has 2 aromatic rings. The first-order chi connectivity index (χ1) is 17.8. The Balaban J connectivity index is 1.57. The summed E-state index contributed by atoms with van der Waals surface area (Å²) in [6, 6.07) is 5.08. The maximum atomic E-state index is 13.7. The van der Waals surface area contributed by atoms with Gasteiger partial charge >= 0.3 is 0 Å². The minimum absolute atomic E-state index is 0.00585. The topological polar surface area (TPSA) is 84.3 Å². The Morgan fingerprint density at radius 3 is 2.53 bits per heavy atom. The average Bonchev–Trinajstić information content (AvgIpc) is 3.22. The van der Waals surface area contributed by atoms with Crippen LogP contribution >= 0.6 is 0 Å². The minimum atomic E-state index is -3.75. The molecule has 1 aromatic carbocycles. The van der Waals surface area contributed by atoms with Gasteiger partial charge in [-0.1, -0.05) is 27.7 Å². The molecule has 1 aliphatic carbocycles. The summed E-state index contributed by atoms with van der Waals surface area (Å²) in [6.07, 6.45) is 3.50. The highest BCUT2D eigenvalue weighted by atomic mass is 32.2. The lowest BCUT2D eigenvalue weighted by atomic mass is 9.86. The molecule has 2 heterocycles. The van der Waals surface area contributed by atoms with Crippen LogP contribution in [0.3, 0.4) is 0 Å². The predicted molar refractivity (Wildman–Crippen MR) is 145 cm³/mol. The van der Waals surface area contributed by atoms with Gasteiger partial charge in [-0.15, -0.1) is 0 Å². The Kier molecular flexibility index (Phi) is 8.52. The van der Waals surface area contributed by atoms with Gasteiger partial charge in [-0.25, -0.2) is 22.2 Å². The highest BCUT2D eigenvalue weighted by Crippen LogP contribution is 2.38. The summed E-state index contributed by atoms with van der Waals surface area (Å²) in [5.74, 6) is -1.64. The molecule has 1 aliphatic heterocycles. The van der Waals surface area contributed by atoms with E-state index in [1.165, 1.54) is 4.31 Å². The first-order valence-corrected chi connectivity index (χ1v) is 15.4. The fraction of sp³-hybridized carbons (Fsp3) is 0.714. The number of amides is 1. The van der Waals surface area contributed by atoms with E-state index in [0.29, 0.717) is 51.0 Å². The SMILES string of the molecule is CCCNC(=O)C[C@@H]1CCCN(S(=O)(=O)c2ccc3c(c2)nc(C(C)(C)C)n3CC2CCC(F)(F)CC2)C1. The molecule has 0 unspecified atom stereocenters. The molecule has 1 saturated heterocycles. The second kappa shape index (κ2) is 11.2. The molecule has 10 heteroatoms. The zero-order chi connectivity index (χ0) is 27.7. The van der Waals surface area contributed by atoms with Gasteiger partial charge in [-0.3, -0.25) is 4.79 Å². The summed E-state index contributed by atoms with van der Waals surface area (Å²) >= 11 is 0. The molecule has 1 aromatic heterocycles. The number of imidazole rings is 1. The Morgan fingerprint density at radius 2 is 1.87 bits per heavy atom. The number of hydrogen-bond donors (Lipinski definition) is 1. The number of piperidine rings is 1. The molecule has 1 N–H and O–H groups in total. The van der Waals surface area contributed by atoms with E-state index in [1.807, 2.05) is 13.0 Å². The number of rotatable bonds is 8. The number of sulfonamides is 1. The van der Waals surface area contributed by atoms with Crippen molar-refractivity contribution >= 4 is 27.0 Å². The predicted octanol–water partition coefficient (Wildman–Crippen LogP) is 5.48. The number of alkyl halides is 2. The number of carbonyl (C=O) groups excluding carboxylic acids is 1. The molecule has 2 fully saturated rings. The number of nitrogens with zero attached hydrogens (tertiary/aromatic N) is 3. The van der Waals surface area contributed by atoms with E-state index in [9.17, 15) is 22.0 Å². The van der Waals surface area contributed by atoms with Crippen LogP contribution in [0.25, 0.3) is 11.0 Å². The molecular formula is C28H42F2N4O3S. The quantitative estimate of drug-likeness (QED) is 0.470. The number of aromatic nitrogens is 2. The van der Waals surface area contributed by atoms with Crippen LogP contribution in [0, 0.1) is 11.8 Å². The zero-order valence-electron chi connectivity index (χ0n) is 23.1. The van der Waals surface area contributed by atoms with Crippen LogP contribution in [0.2, 0.25) is 0 Å². The standard InChI is InChI=1S/C28H42F2N4O3S/c1-5-14-31-25(35)16-21-7-6-15-33(18-21)38(36,37)22-8-9-24-23(17-22)32-26(27(2,3)4)34(24)19-20-10-12-28(29,30)13-11-20/h8-9,17,20-21H,5-7,10-16,18-19H2,1-4H3,(H,31,35)/t21-/m0/s1. The summed E-state index contributed by atoms with van der Waals surface area (Å²) in [7, 11) is -3.75. The first kappa shape index (κ1) is 28.9. The summed E-state index contributed by atoms with van der Waals surface area (Å²) in [5, 5.41) is 2.88. The lowest BCUT2D eigenvalue weighted by Crippen LogP contribution is -2.41. The molecule has 0 bridgehead atoms. The third-order valence-corrected chi connectivity index (χ3v) is 9.69. The molecule has 212 valence electrons. The van der Waals surface area contributed by atoms with Crippen molar-refractivity contribution in [1.82, 2.24) is 19.2 Å². The van der Waals surface area contributed by atoms with E-state index < -0.39 is 15.9 Å². The molecule has 4 rings (SSSR count). The highest BCUT2D eigenvalue weighted by molar-refractivity contribution is 7.89. The van der Waals surface area contributed by atoms with E-state index in [2.05, 4.69) is 30.7 Å². The number of benzene rings is 1. The van der Waals surface area contributed by atoms with Crippen LogP contribution in [-0.4, -0.2) is 53.7 Å². The van der Waals surface area contributed by atoms with Crippen molar-refractivity contribution in [3.63, 3.8) is 0 Å². The second-order valence-electron chi connectivity index (χ2n) is 12.2. The highest BCUT2D eigenvalue weighted by Gasteiger charge is 2.36. The molecule has 1 saturated carbocycles. The fourth-order valence-electron chi connectivity index (χ4n) is 5.73. The maximum absolute atomic E-state index is 13.7. The number of hydrogen-bond acceptors (Lipinski definition) is 4. The maximum Gasteiger partial charge on any atom is 0.248 e. The Bertz CT molecular complexity index is 1240. The van der Waals surface area contributed by atoms with Gasteiger partial charge in [0.2, 0.25) is 21.9 Å². The largest absolute Gasteiger partial charge is 0.356 e. The van der Waals surface area contributed by atoms with Gasteiger partial charge in [-0.05, 0) is 62.1 Å². The molecule has 7 nitrogen and oxygen atoms in total. The van der Waals surface area contributed by atoms with E-state index in [0.717, 1.165) is 30.6 Å². The Hall–Kier alpha value is -2.07. The van der Waals surface area contributed by atoms with Crippen molar-refractivity contribution in [1.29, 1.82) is 0 Å². The Labute approximate surface area is 225 Å². The van der Waals surface area contributed by atoms with Crippen molar-refractivity contribution in [3.8, 4) is 0 Å². The van der Waals surface area contributed by atoms with Crippen LogP contribution < -0.4 is 5.32 Å². The summed E-state index contributed by atoms with van der Waals surface area (Å²) in [4.78, 5) is 17.3.